The monoisotopic (exact) mass is 457 g/mol. The number of sulfonamides is 1. The lowest BCUT2D eigenvalue weighted by Crippen LogP contribution is -2.33. The second kappa shape index (κ2) is 9.92. The van der Waals surface area contributed by atoms with Crippen LogP contribution < -0.4 is 10.2 Å². The van der Waals surface area contributed by atoms with Crippen molar-refractivity contribution in [3.8, 4) is 0 Å². The fourth-order valence-electron chi connectivity index (χ4n) is 4.07. The van der Waals surface area contributed by atoms with Crippen molar-refractivity contribution in [1.82, 2.24) is 14.5 Å². The molecule has 1 aromatic carbocycles. The quantitative estimate of drug-likeness (QED) is 0.608. The molecule has 1 unspecified atom stereocenters. The molecule has 0 saturated heterocycles. The summed E-state index contributed by atoms with van der Waals surface area (Å²) in [7, 11) is 0.951. The molecule has 0 spiro atoms. The van der Waals surface area contributed by atoms with E-state index in [1.165, 1.54) is 27.3 Å². The number of likely N-dealkylation sites (N-methyl/N-ethyl adjacent to an activating group) is 1. The van der Waals surface area contributed by atoms with Gasteiger partial charge in [-0.15, -0.1) is 0 Å². The van der Waals surface area contributed by atoms with Crippen LogP contribution in [0.3, 0.4) is 0 Å². The summed E-state index contributed by atoms with van der Waals surface area (Å²) in [5.74, 6) is 0. The van der Waals surface area contributed by atoms with E-state index < -0.39 is 10.0 Å². The predicted molar refractivity (Wildman–Crippen MR) is 134 cm³/mol. The average Bonchev–Trinajstić information content (AvgIpc) is 3.15. The number of benzene rings is 1. The Morgan fingerprint density at radius 3 is 2.72 bits per heavy atom. The molecule has 0 fully saturated rings. The van der Waals surface area contributed by atoms with Gasteiger partial charge in [0, 0.05) is 39.1 Å². The summed E-state index contributed by atoms with van der Waals surface area (Å²) < 4.78 is 25.1. The molecule has 0 aromatic heterocycles. The lowest BCUT2D eigenvalue weighted by atomic mass is 9.96. The number of aryl methyl sites for hydroxylation is 1. The molecule has 8 heteroatoms. The SMILES string of the molecule is C=CC1=C(C=NC(C)N(C)c2ccc(C3=CCN(S(C)(=O)=O)CC3)cc2CC)NCN1C. The number of hydrogen-bond acceptors (Lipinski definition) is 6. The molecule has 2 heterocycles. The second-order valence-corrected chi connectivity index (χ2v) is 10.3. The van der Waals surface area contributed by atoms with Crippen molar-refractivity contribution in [3.63, 3.8) is 0 Å². The molecule has 0 amide bonds. The summed E-state index contributed by atoms with van der Waals surface area (Å²) in [6.45, 7) is 9.86. The first-order valence-corrected chi connectivity index (χ1v) is 12.9. The predicted octanol–water partition coefficient (Wildman–Crippen LogP) is 3.04. The molecule has 0 radical (unpaired) electrons. The Morgan fingerprint density at radius 2 is 2.12 bits per heavy atom. The van der Waals surface area contributed by atoms with Crippen LogP contribution in [0.1, 0.15) is 31.4 Å². The molecule has 0 saturated carbocycles. The Morgan fingerprint density at radius 1 is 1.38 bits per heavy atom. The van der Waals surface area contributed by atoms with Crippen molar-refractivity contribution >= 4 is 27.5 Å². The Hall–Kier alpha value is -2.58. The number of nitrogens with zero attached hydrogens (tertiary/aromatic N) is 4. The standard InChI is InChI=1S/C24H35N5O2S/c1-7-19-15-21(20-11-13-29(14-12-20)32(6,30)31)9-10-24(19)28(5)18(3)25-16-22-23(8-2)27(4)17-26-22/h8-11,15-16,18,26H,2,7,12-14,17H2,1,3-6H3. The van der Waals surface area contributed by atoms with Gasteiger partial charge in [-0.1, -0.05) is 25.6 Å². The van der Waals surface area contributed by atoms with Gasteiger partial charge in [0.2, 0.25) is 10.0 Å². The number of rotatable bonds is 8. The summed E-state index contributed by atoms with van der Waals surface area (Å²) in [6.07, 6.45) is 8.64. The molecule has 3 rings (SSSR count). The van der Waals surface area contributed by atoms with Gasteiger partial charge in [0.05, 0.1) is 24.3 Å². The minimum atomic E-state index is -3.14. The van der Waals surface area contributed by atoms with Crippen molar-refractivity contribution in [3.05, 3.63) is 59.5 Å². The molecule has 0 bridgehead atoms. The van der Waals surface area contributed by atoms with E-state index in [0.29, 0.717) is 13.1 Å². The molecule has 174 valence electrons. The number of aliphatic imine (C=N–C) groups is 1. The summed E-state index contributed by atoms with van der Waals surface area (Å²) in [5, 5.41) is 3.34. The first-order chi connectivity index (χ1) is 15.2. The van der Waals surface area contributed by atoms with E-state index in [9.17, 15) is 8.42 Å². The first-order valence-electron chi connectivity index (χ1n) is 11.0. The molecular formula is C24H35N5O2S. The minimum absolute atomic E-state index is 0.0327. The van der Waals surface area contributed by atoms with Gasteiger partial charge >= 0.3 is 0 Å². The molecule has 1 atom stereocenters. The van der Waals surface area contributed by atoms with E-state index >= 15 is 0 Å². The molecule has 1 aromatic rings. The van der Waals surface area contributed by atoms with Crippen molar-refractivity contribution in [2.75, 3.05) is 45.0 Å². The van der Waals surface area contributed by atoms with Gasteiger partial charge in [-0.05, 0) is 54.7 Å². The van der Waals surface area contributed by atoms with Gasteiger partial charge in [0.25, 0.3) is 0 Å². The maximum Gasteiger partial charge on any atom is 0.211 e. The van der Waals surface area contributed by atoms with Gasteiger partial charge in [-0.2, -0.15) is 4.31 Å². The van der Waals surface area contributed by atoms with Crippen LogP contribution in [0, 0.1) is 0 Å². The highest BCUT2D eigenvalue weighted by atomic mass is 32.2. The average molecular weight is 458 g/mol. The molecule has 7 nitrogen and oxygen atoms in total. The Labute approximate surface area is 192 Å². The third-order valence-electron chi connectivity index (χ3n) is 6.22. The number of allylic oxidation sites excluding steroid dienone is 2. The van der Waals surface area contributed by atoms with Gasteiger partial charge in [0.15, 0.2) is 0 Å². The molecule has 1 N–H and O–H groups in total. The van der Waals surface area contributed by atoms with Crippen LogP contribution in [-0.2, 0) is 16.4 Å². The van der Waals surface area contributed by atoms with E-state index in [2.05, 4.69) is 60.8 Å². The molecule has 0 aliphatic carbocycles. The summed E-state index contributed by atoms with van der Waals surface area (Å²) in [6, 6.07) is 6.52. The normalized spacial score (nSPS) is 18.7. The van der Waals surface area contributed by atoms with E-state index in [-0.39, 0.29) is 6.17 Å². The minimum Gasteiger partial charge on any atom is -0.365 e. The first kappa shape index (κ1) is 24.1. The van der Waals surface area contributed by atoms with Gasteiger partial charge in [0.1, 0.15) is 6.17 Å². The van der Waals surface area contributed by atoms with Gasteiger partial charge < -0.3 is 15.1 Å². The van der Waals surface area contributed by atoms with Gasteiger partial charge in [-0.25, -0.2) is 8.42 Å². The number of anilines is 1. The van der Waals surface area contributed by atoms with Crippen LogP contribution in [0.5, 0.6) is 0 Å². The van der Waals surface area contributed by atoms with Crippen molar-refractivity contribution in [2.24, 2.45) is 4.99 Å². The van der Waals surface area contributed by atoms with E-state index in [1.54, 1.807) is 0 Å². The van der Waals surface area contributed by atoms with Crippen LogP contribution in [0.15, 0.2) is 53.3 Å². The largest absolute Gasteiger partial charge is 0.365 e. The van der Waals surface area contributed by atoms with Crippen LogP contribution in [-0.4, -0.2) is 70.1 Å². The summed E-state index contributed by atoms with van der Waals surface area (Å²) in [4.78, 5) is 9.06. The van der Waals surface area contributed by atoms with Crippen molar-refractivity contribution < 1.29 is 8.42 Å². The second-order valence-electron chi connectivity index (χ2n) is 8.35. The summed E-state index contributed by atoms with van der Waals surface area (Å²) in [5.41, 5.74) is 6.83. The van der Waals surface area contributed by atoms with Crippen LogP contribution >= 0.6 is 0 Å². The zero-order valence-electron chi connectivity index (χ0n) is 19.8. The van der Waals surface area contributed by atoms with Crippen LogP contribution in [0.25, 0.3) is 5.57 Å². The molecule has 2 aliphatic heterocycles. The smallest absolute Gasteiger partial charge is 0.211 e. The van der Waals surface area contributed by atoms with Crippen LogP contribution in [0.4, 0.5) is 5.69 Å². The Balaban J connectivity index is 1.77. The highest BCUT2D eigenvalue weighted by Crippen LogP contribution is 2.30. The molecule has 32 heavy (non-hydrogen) atoms. The fourth-order valence-corrected chi connectivity index (χ4v) is 4.84. The van der Waals surface area contributed by atoms with E-state index in [4.69, 9.17) is 4.99 Å². The maximum absolute atomic E-state index is 11.8. The van der Waals surface area contributed by atoms with Crippen molar-refractivity contribution in [2.45, 2.75) is 32.9 Å². The number of hydrogen-bond donors (Lipinski definition) is 1. The summed E-state index contributed by atoms with van der Waals surface area (Å²) >= 11 is 0. The lowest BCUT2D eigenvalue weighted by Gasteiger charge is -2.28. The maximum atomic E-state index is 11.8. The highest BCUT2D eigenvalue weighted by Gasteiger charge is 2.21. The third kappa shape index (κ3) is 5.24. The number of nitrogens with one attached hydrogen (secondary N) is 1. The van der Waals surface area contributed by atoms with Gasteiger partial charge in [-0.3, -0.25) is 4.99 Å². The fraction of sp³-hybridized carbons (Fsp3) is 0.458. The Kier molecular flexibility index (Phi) is 7.46. The zero-order chi connectivity index (χ0) is 23.5. The van der Waals surface area contributed by atoms with E-state index in [1.807, 2.05) is 25.4 Å². The topological polar surface area (TPSA) is 68.2 Å². The van der Waals surface area contributed by atoms with Crippen LogP contribution in [0.2, 0.25) is 0 Å². The van der Waals surface area contributed by atoms with Crippen molar-refractivity contribution in [1.29, 1.82) is 0 Å². The molecule has 2 aliphatic rings. The highest BCUT2D eigenvalue weighted by molar-refractivity contribution is 7.88. The third-order valence-corrected chi connectivity index (χ3v) is 7.49. The Bertz CT molecular complexity index is 1060. The van der Waals surface area contributed by atoms with E-state index in [0.717, 1.165) is 36.6 Å². The molecular weight excluding hydrogens is 422 g/mol. The lowest BCUT2D eigenvalue weighted by molar-refractivity contribution is 0.446. The zero-order valence-corrected chi connectivity index (χ0v) is 20.6.